The van der Waals surface area contributed by atoms with Crippen molar-refractivity contribution in [3.05, 3.63) is 35.2 Å². The van der Waals surface area contributed by atoms with Crippen LogP contribution < -0.4 is 15.9 Å². The molecular formula is C18H24F3N5O3S. The molecule has 0 saturated carbocycles. The molecule has 0 bridgehead atoms. The van der Waals surface area contributed by atoms with E-state index in [1.807, 2.05) is 25.1 Å². The predicted octanol–water partition coefficient (Wildman–Crippen LogP) is 3.38. The van der Waals surface area contributed by atoms with Gasteiger partial charge in [0.05, 0.1) is 0 Å². The highest BCUT2D eigenvalue weighted by atomic mass is 32.2. The monoisotopic (exact) mass is 447 g/mol. The molecule has 2 rings (SSSR count). The second-order valence-electron chi connectivity index (χ2n) is 6.72. The highest BCUT2D eigenvalue weighted by Crippen LogP contribution is 2.28. The molecule has 0 unspecified atom stereocenters. The predicted molar refractivity (Wildman–Crippen MR) is 106 cm³/mol. The number of ether oxygens (including phenoxy) is 2. The summed E-state index contributed by atoms with van der Waals surface area (Å²) in [5.74, 6) is 7.75. The lowest BCUT2D eigenvalue weighted by atomic mass is 10.0. The van der Waals surface area contributed by atoms with Crippen molar-refractivity contribution in [3.8, 4) is 5.75 Å². The van der Waals surface area contributed by atoms with Gasteiger partial charge in [-0.05, 0) is 30.0 Å². The van der Waals surface area contributed by atoms with Crippen molar-refractivity contribution in [2.75, 3.05) is 24.7 Å². The van der Waals surface area contributed by atoms with Gasteiger partial charge in [-0.25, -0.2) is 9.47 Å². The molecule has 30 heavy (non-hydrogen) atoms. The second kappa shape index (κ2) is 10.4. The Kier molecular flexibility index (Phi) is 8.21. The van der Waals surface area contributed by atoms with Gasteiger partial charge in [0.2, 0.25) is 5.16 Å². The Hall–Kier alpha value is -2.63. The Balaban J connectivity index is 1.83. The number of halogens is 3. The van der Waals surface area contributed by atoms with Gasteiger partial charge in [-0.3, -0.25) is 0 Å². The van der Waals surface area contributed by atoms with Crippen LogP contribution in [0.15, 0.2) is 23.4 Å². The Morgan fingerprint density at radius 1 is 1.33 bits per heavy atom. The zero-order valence-corrected chi connectivity index (χ0v) is 17.6. The van der Waals surface area contributed by atoms with Gasteiger partial charge >= 0.3 is 12.3 Å². The van der Waals surface area contributed by atoms with E-state index in [0.717, 1.165) is 16.9 Å². The first kappa shape index (κ1) is 23.6. The van der Waals surface area contributed by atoms with Crippen molar-refractivity contribution in [2.45, 2.75) is 44.6 Å². The highest BCUT2D eigenvalue weighted by molar-refractivity contribution is 7.99. The summed E-state index contributed by atoms with van der Waals surface area (Å²) < 4.78 is 47.1. The number of nitrogen functional groups attached to an aromatic ring is 1. The number of rotatable bonds is 9. The van der Waals surface area contributed by atoms with Gasteiger partial charge < -0.3 is 20.6 Å². The fourth-order valence-electron chi connectivity index (χ4n) is 2.38. The van der Waals surface area contributed by atoms with Gasteiger partial charge in [0.15, 0.2) is 12.4 Å². The number of alkyl halides is 3. The molecule has 0 saturated heterocycles. The highest BCUT2D eigenvalue weighted by Gasteiger charge is 2.29. The molecule has 1 heterocycles. The van der Waals surface area contributed by atoms with E-state index in [1.165, 1.54) is 16.4 Å². The maximum Gasteiger partial charge on any atom is 0.422 e. The molecule has 0 spiro atoms. The van der Waals surface area contributed by atoms with Crippen molar-refractivity contribution < 1.29 is 27.4 Å². The molecule has 12 heteroatoms. The number of nitrogens with one attached hydrogen (secondary N) is 1. The van der Waals surface area contributed by atoms with E-state index in [0.29, 0.717) is 16.7 Å². The molecule has 1 aromatic carbocycles. The lowest BCUT2D eigenvalue weighted by molar-refractivity contribution is -0.160. The summed E-state index contributed by atoms with van der Waals surface area (Å²) in [5, 5.41) is 10.6. The SMILES string of the molecule is Cc1ccc(C(C)C)c(OCc2nnc(SCCNC(=O)OCC(F)(F)F)n2N)c1. The third kappa shape index (κ3) is 7.32. The number of carbonyl (C=O) groups is 1. The molecule has 0 atom stereocenters. The molecule has 1 aromatic heterocycles. The normalized spacial score (nSPS) is 11.6. The Bertz CT molecular complexity index is 858. The van der Waals surface area contributed by atoms with Crippen molar-refractivity contribution in [2.24, 2.45) is 0 Å². The molecule has 0 radical (unpaired) electrons. The summed E-state index contributed by atoms with van der Waals surface area (Å²) in [6.07, 6.45) is -5.70. The second-order valence-corrected chi connectivity index (χ2v) is 7.78. The van der Waals surface area contributed by atoms with Crippen molar-refractivity contribution in [1.29, 1.82) is 0 Å². The van der Waals surface area contributed by atoms with Crippen LogP contribution >= 0.6 is 11.8 Å². The standard InChI is InChI=1S/C18H24F3N5O3S/c1-11(2)13-5-4-12(3)8-14(13)28-9-15-24-25-16(26(15)22)30-7-6-23-17(27)29-10-18(19,20)21/h4-5,8,11H,6-7,9-10,22H2,1-3H3,(H,23,27). The number of amides is 1. The molecule has 0 aliphatic rings. The Labute approximate surface area is 176 Å². The summed E-state index contributed by atoms with van der Waals surface area (Å²) in [4.78, 5) is 11.2. The number of aryl methyl sites for hydroxylation is 1. The lowest BCUT2D eigenvalue weighted by Gasteiger charge is -2.14. The summed E-state index contributed by atoms with van der Waals surface area (Å²) in [5.41, 5.74) is 2.14. The number of nitrogens with two attached hydrogens (primary N) is 1. The van der Waals surface area contributed by atoms with E-state index in [-0.39, 0.29) is 19.1 Å². The van der Waals surface area contributed by atoms with E-state index in [1.54, 1.807) is 0 Å². The maximum atomic E-state index is 12.0. The molecule has 1 amide bonds. The topological polar surface area (TPSA) is 104 Å². The molecule has 2 aromatic rings. The molecule has 0 fully saturated rings. The summed E-state index contributed by atoms with van der Waals surface area (Å²) in [7, 11) is 0. The minimum Gasteiger partial charge on any atom is -0.485 e. The first-order chi connectivity index (χ1) is 14.1. The van der Waals surface area contributed by atoms with Gasteiger partial charge in [0.1, 0.15) is 12.4 Å². The zero-order chi connectivity index (χ0) is 22.3. The average Bonchev–Trinajstić information content (AvgIpc) is 3.01. The quantitative estimate of drug-likeness (QED) is 0.345. The van der Waals surface area contributed by atoms with Crippen LogP contribution in [0.2, 0.25) is 0 Å². The van der Waals surface area contributed by atoms with Gasteiger partial charge in [0, 0.05) is 12.3 Å². The van der Waals surface area contributed by atoms with Crippen LogP contribution in [0.3, 0.4) is 0 Å². The molecule has 0 aliphatic carbocycles. The van der Waals surface area contributed by atoms with Gasteiger partial charge in [-0.1, -0.05) is 37.7 Å². The molecule has 3 N–H and O–H groups in total. The average molecular weight is 447 g/mol. The number of nitrogens with zero attached hydrogens (tertiary/aromatic N) is 3. The molecule has 8 nitrogen and oxygen atoms in total. The smallest absolute Gasteiger partial charge is 0.422 e. The molecule has 0 aliphatic heterocycles. The number of thioether (sulfide) groups is 1. The van der Waals surface area contributed by atoms with Crippen LogP contribution in [-0.2, 0) is 11.3 Å². The van der Waals surface area contributed by atoms with E-state index in [2.05, 4.69) is 34.1 Å². The van der Waals surface area contributed by atoms with Crippen molar-refractivity contribution in [3.63, 3.8) is 0 Å². The molecular weight excluding hydrogens is 423 g/mol. The number of benzene rings is 1. The number of aromatic nitrogens is 3. The van der Waals surface area contributed by atoms with Crippen LogP contribution in [0.4, 0.5) is 18.0 Å². The minimum atomic E-state index is -4.56. The van der Waals surface area contributed by atoms with Crippen LogP contribution in [-0.4, -0.2) is 46.0 Å². The van der Waals surface area contributed by atoms with Gasteiger partial charge in [-0.15, -0.1) is 10.2 Å². The number of alkyl carbamates (subject to hydrolysis) is 1. The summed E-state index contributed by atoms with van der Waals surface area (Å²) >= 11 is 1.18. The third-order valence-corrected chi connectivity index (χ3v) is 4.80. The van der Waals surface area contributed by atoms with Crippen LogP contribution in [0, 0.1) is 6.92 Å². The van der Waals surface area contributed by atoms with Crippen LogP contribution in [0.1, 0.15) is 36.7 Å². The van der Waals surface area contributed by atoms with E-state index >= 15 is 0 Å². The fraction of sp³-hybridized carbons (Fsp3) is 0.500. The van der Waals surface area contributed by atoms with E-state index in [9.17, 15) is 18.0 Å². The third-order valence-electron chi connectivity index (χ3n) is 3.85. The minimum absolute atomic E-state index is 0.0705. The largest absolute Gasteiger partial charge is 0.485 e. The first-order valence-electron chi connectivity index (χ1n) is 9.09. The fourth-order valence-corrected chi connectivity index (χ4v) is 3.11. The maximum absolute atomic E-state index is 12.0. The first-order valence-corrected chi connectivity index (χ1v) is 10.1. The number of hydrogen-bond acceptors (Lipinski definition) is 7. The summed E-state index contributed by atoms with van der Waals surface area (Å²) in [6, 6.07) is 6.00. The number of hydrogen-bond donors (Lipinski definition) is 2. The Morgan fingerprint density at radius 2 is 2.07 bits per heavy atom. The summed E-state index contributed by atoms with van der Waals surface area (Å²) in [6.45, 7) is 4.68. The van der Waals surface area contributed by atoms with Gasteiger partial charge in [-0.2, -0.15) is 13.2 Å². The van der Waals surface area contributed by atoms with Crippen LogP contribution in [0.5, 0.6) is 5.75 Å². The van der Waals surface area contributed by atoms with Crippen molar-refractivity contribution >= 4 is 17.9 Å². The van der Waals surface area contributed by atoms with E-state index in [4.69, 9.17) is 10.6 Å². The van der Waals surface area contributed by atoms with Gasteiger partial charge in [0.25, 0.3) is 0 Å². The van der Waals surface area contributed by atoms with E-state index < -0.39 is 18.9 Å². The number of carbonyl (C=O) groups excluding carboxylic acids is 1. The Morgan fingerprint density at radius 3 is 2.73 bits per heavy atom. The lowest BCUT2D eigenvalue weighted by Crippen LogP contribution is -2.30. The van der Waals surface area contributed by atoms with Crippen LogP contribution in [0.25, 0.3) is 0 Å². The molecule has 166 valence electrons. The van der Waals surface area contributed by atoms with Crippen molar-refractivity contribution in [1.82, 2.24) is 20.2 Å². The zero-order valence-electron chi connectivity index (χ0n) is 16.8.